The second-order valence-corrected chi connectivity index (χ2v) is 14.1. The van der Waals surface area contributed by atoms with Crippen molar-refractivity contribution < 1.29 is 28.5 Å². The van der Waals surface area contributed by atoms with Gasteiger partial charge in [-0.2, -0.15) is 0 Å². The molecule has 0 bridgehead atoms. The smallest absolute Gasteiger partial charge is 1.00 e. The van der Waals surface area contributed by atoms with Crippen molar-refractivity contribution in [3.63, 3.8) is 0 Å². The van der Waals surface area contributed by atoms with Crippen LogP contribution in [0.5, 0.6) is 0 Å². The zero-order valence-electron chi connectivity index (χ0n) is 11.7. The first-order chi connectivity index (χ1) is 7.97. The Morgan fingerprint density at radius 1 is 1.17 bits per heavy atom. The van der Waals surface area contributed by atoms with Crippen LogP contribution in [-0.4, -0.2) is 22.6 Å². The van der Waals surface area contributed by atoms with E-state index >= 15 is 0 Å². The number of nitrogens with zero attached hydrogens (tertiary/aromatic N) is 1. The Bertz CT molecular complexity index is 516. The fourth-order valence-electron chi connectivity index (χ4n) is 2.20. The van der Waals surface area contributed by atoms with Crippen LogP contribution in [0.1, 0.15) is 11.0 Å². The molecule has 0 amide bonds. The first-order valence-corrected chi connectivity index (χ1v) is 11.8. The van der Waals surface area contributed by atoms with E-state index in [1.807, 2.05) is 0 Å². The van der Waals surface area contributed by atoms with Gasteiger partial charge >= 0.3 is 111 Å². The summed E-state index contributed by atoms with van der Waals surface area (Å²) < 4.78 is 5.69. The molecule has 0 aliphatic rings. The van der Waals surface area contributed by atoms with Crippen molar-refractivity contribution in [2.45, 2.75) is 45.6 Å². The Morgan fingerprint density at radius 2 is 1.83 bits per heavy atom. The van der Waals surface area contributed by atoms with E-state index in [2.05, 4.69) is 55.4 Å². The van der Waals surface area contributed by atoms with Gasteiger partial charge in [0.25, 0.3) is 0 Å². The third-order valence-corrected chi connectivity index (χ3v) is 7.22. The summed E-state index contributed by atoms with van der Waals surface area (Å²) in [6.45, 7) is 10.9. The van der Waals surface area contributed by atoms with Crippen LogP contribution >= 0.6 is 0 Å². The second-order valence-electron chi connectivity index (χ2n) is 5.90. The van der Waals surface area contributed by atoms with Gasteiger partial charge < -0.3 is 24.0 Å². The minimum atomic E-state index is -0.874. The molecule has 4 heteroatoms. The van der Waals surface area contributed by atoms with Gasteiger partial charge in [0.15, 0.2) is 0 Å². The first-order valence-electron chi connectivity index (χ1n) is 6.35. The van der Waals surface area contributed by atoms with Crippen LogP contribution in [0, 0.1) is 6.92 Å². The number of fused-ring (bicyclic) bond motifs is 1. The van der Waals surface area contributed by atoms with E-state index in [1.165, 1.54) is 24.5 Å². The predicted molar refractivity (Wildman–Crippen MR) is 78.6 cm³/mol. The number of hydrogen-bond donors (Lipinski definition) is 0. The standard InChI is InChI=1S/C14H22NSeSi.HI/c1-12-15(10-7-11-17(2,3)4)13-8-5-6-9-14(13)16-12;/h5-6,8-9H,7,10-11H2,1-4H3;1H/q+1;/p-1. The monoisotopic (exact) mass is 439 g/mol. The molecule has 0 spiro atoms. The summed E-state index contributed by atoms with van der Waals surface area (Å²) in [5.41, 5.74) is 1.47. The van der Waals surface area contributed by atoms with Crippen LogP contribution in [0.25, 0.3) is 9.78 Å². The molecule has 0 saturated heterocycles. The molecule has 2 aromatic rings. The molecular formula is C14H22INSeSi. The Labute approximate surface area is 134 Å². The molecule has 0 atom stereocenters. The Hall–Kier alpha value is 0.356. The predicted octanol–water partition coefficient (Wildman–Crippen LogP) is 0.225. The van der Waals surface area contributed by atoms with Crippen LogP contribution in [-0.2, 0) is 6.54 Å². The maximum atomic E-state index is 2.55. The first kappa shape index (κ1) is 16.4. The quantitative estimate of drug-likeness (QED) is 0.366. The van der Waals surface area contributed by atoms with Crippen molar-refractivity contribution in [1.82, 2.24) is 0 Å². The number of benzene rings is 1. The molecule has 0 N–H and O–H groups in total. The molecule has 18 heavy (non-hydrogen) atoms. The van der Waals surface area contributed by atoms with Gasteiger partial charge in [0.1, 0.15) is 0 Å². The van der Waals surface area contributed by atoms with Gasteiger partial charge in [0.2, 0.25) is 0 Å². The number of halogens is 1. The third-order valence-electron chi connectivity index (χ3n) is 3.10. The molecule has 1 aromatic heterocycles. The van der Waals surface area contributed by atoms with E-state index in [9.17, 15) is 0 Å². The minimum absolute atomic E-state index is 0. The van der Waals surface area contributed by atoms with Gasteiger partial charge in [-0.3, -0.25) is 0 Å². The van der Waals surface area contributed by atoms with E-state index < -0.39 is 8.07 Å². The van der Waals surface area contributed by atoms with Gasteiger partial charge in [0.05, 0.1) is 0 Å². The summed E-state index contributed by atoms with van der Waals surface area (Å²) in [5.74, 6) is 0. The van der Waals surface area contributed by atoms with Crippen molar-refractivity contribution in [2.24, 2.45) is 0 Å². The molecule has 0 aliphatic carbocycles. The Balaban J connectivity index is 0.00000162. The maximum absolute atomic E-state index is 2.55. The fourth-order valence-corrected chi connectivity index (χ4v) is 5.61. The van der Waals surface area contributed by atoms with Crippen molar-refractivity contribution in [3.8, 4) is 0 Å². The zero-order valence-corrected chi connectivity index (χ0v) is 16.5. The van der Waals surface area contributed by atoms with E-state index in [0.717, 1.165) is 0 Å². The van der Waals surface area contributed by atoms with Crippen molar-refractivity contribution in [3.05, 3.63) is 28.8 Å². The number of aromatic nitrogens is 1. The average Bonchev–Trinajstić information content (AvgIpc) is 2.54. The number of aryl methyl sites for hydroxylation is 2. The van der Waals surface area contributed by atoms with E-state index in [0.29, 0.717) is 14.5 Å². The molecule has 2 rings (SSSR count). The van der Waals surface area contributed by atoms with Crippen LogP contribution < -0.4 is 28.5 Å². The van der Waals surface area contributed by atoms with Gasteiger partial charge in [-0.1, -0.05) is 0 Å². The van der Waals surface area contributed by atoms with Crippen LogP contribution in [0.3, 0.4) is 0 Å². The molecule has 0 unspecified atom stereocenters. The molecule has 1 nitrogen and oxygen atoms in total. The number of hydrogen-bond acceptors (Lipinski definition) is 0. The van der Waals surface area contributed by atoms with Crippen molar-refractivity contribution >= 4 is 32.4 Å². The summed E-state index contributed by atoms with van der Waals surface area (Å²) >= 11 is 0.565. The molecule has 1 aromatic carbocycles. The second kappa shape index (κ2) is 6.68. The molecule has 0 aliphatic heterocycles. The minimum Gasteiger partial charge on any atom is -1.00 e. The largest absolute Gasteiger partial charge is 1.00 e. The van der Waals surface area contributed by atoms with Gasteiger partial charge in [-0.25, -0.2) is 0 Å². The molecule has 0 saturated carbocycles. The van der Waals surface area contributed by atoms with Gasteiger partial charge in [0, 0.05) is 0 Å². The number of rotatable bonds is 4. The average molecular weight is 438 g/mol. The molecule has 0 radical (unpaired) electrons. The molecular weight excluding hydrogens is 416 g/mol. The molecule has 100 valence electrons. The van der Waals surface area contributed by atoms with Crippen LogP contribution in [0.15, 0.2) is 24.3 Å². The van der Waals surface area contributed by atoms with Crippen molar-refractivity contribution in [1.29, 1.82) is 0 Å². The normalized spacial score (nSPS) is 11.6. The SMILES string of the molecule is Cc1[se]c2ccccc2[n+]1CCC[Si](C)(C)C.[I-]. The van der Waals surface area contributed by atoms with Gasteiger partial charge in [-0.15, -0.1) is 0 Å². The van der Waals surface area contributed by atoms with E-state index in [1.54, 1.807) is 8.83 Å². The number of para-hydroxylation sites is 1. The summed E-state index contributed by atoms with van der Waals surface area (Å²) in [6, 6.07) is 10.3. The van der Waals surface area contributed by atoms with Crippen LogP contribution in [0.2, 0.25) is 25.7 Å². The maximum Gasteiger partial charge on any atom is -1.00 e. The molecule has 1 heterocycles. The Kier molecular flexibility index (Phi) is 6.09. The summed E-state index contributed by atoms with van der Waals surface area (Å²) in [4.78, 5) is 0. The van der Waals surface area contributed by atoms with Crippen LogP contribution in [0.4, 0.5) is 0 Å². The summed E-state index contributed by atoms with van der Waals surface area (Å²) in [7, 11) is -0.874. The van der Waals surface area contributed by atoms with E-state index in [4.69, 9.17) is 0 Å². The zero-order chi connectivity index (χ0) is 12.5. The third kappa shape index (κ3) is 4.19. The fraction of sp³-hybridized carbons (Fsp3) is 0.500. The van der Waals surface area contributed by atoms with Gasteiger partial charge in [-0.05, 0) is 0 Å². The summed E-state index contributed by atoms with van der Waals surface area (Å²) in [6.07, 6.45) is 1.34. The molecule has 0 fully saturated rings. The van der Waals surface area contributed by atoms with E-state index in [-0.39, 0.29) is 24.0 Å². The summed E-state index contributed by atoms with van der Waals surface area (Å²) in [5, 5.41) is 0. The topological polar surface area (TPSA) is 3.88 Å². The van der Waals surface area contributed by atoms with Crippen molar-refractivity contribution in [2.75, 3.05) is 0 Å². The Morgan fingerprint density at radius 3 is 2.50 bits per heavy atom.